The van der Waals surface area contributed by atoms with Crippen LogP contribution in [0.5, 0.6) is 11.5 Å². The topological polar surface area (TPSA) is 128 Å². The van der Waals surface area contributed by atoms with Gasteiger partial charge < -0.3 is 8.92 Å². The minimum atomic E-state index is -4.13. The number of hydrogen-bond acceptors (Lipinski definition) is 7. The van der Waals surface area contributed by atoms with Gasteiger partial charge in [0.15, 0.2) is 11.5 Å². The van der Waals surface area contributed by atoms with Gasteiger partial charge in [0.25, 0.3) is 11.8 Å². The number of imide groups is 2. The zero-order valence-electron chi connectivity index (χ0n) is 15.5. The van der Waals surface area contributed by atoms with Crippen LogP contribution in [-0.4, -0.2) is 32.9 Å². The zero-order chi connectivity index (χ0) is 21.9. The quantitative estimate of drug-likeness (QED) is 0.358. The molecule has 0 saturated carbocycles. The molecule has 0 atom stereocenters. The molecule has 11 heteroatoms. The molecule has 4 amide bonds. The van der Waals surface area contributed by atoms with Crippen LogP contribution in [0.1, 0.15) is 12.5 Å². The maximum absolute atomic E-state index is 12.6. The number of benzene rings is 2. The molecule has 1 fully saturated rings. The van der Waals surface area contributed by atoms with Gasteiger partial charge in [-0.1, -0.05) is 18.2 Å². The van der Waals surface area contributed by atoms with Gasteiger partial charge in [0.1, 0.15) is 10.5 Å². The first-order valence-electron chi connectivity index (χ1n) is 8.55. The standard InChI is InChI=1S/C19H15BrN2O7S/c1-2-28-15-10-11(8-13-17(23)21-19(25)22-18(13)24)9-14(20)16(15)29-30(26,27)12-6-4-3-5-7-12/h3-10H,2H2,1H3,(H2,21,22,23,24,25). The first kappa shape index (κ1) is 21.5. The summed E-state index contributed by atoms with van der Waals surface area (Å²) in [6.45, 7) is 1.89. The van der Waals surface area contributed by atoms with E-state index >= 15 is 0 Å². The number of ether oxygens (including phenoxy) is 1. The summed E-state index contributed by atoms with van der Waals surface area (Å²) < 4.78 is 36.2. The average Bonchev–Trinajstić information content (AvgIpc) is 2.68. The molecule has 0 bridgehead atoms. The van der Waals surface area contributed by atoms with Crippen LogP contribution in [0.4, 0.5) is 4.79 Å². The van der Waals surface area contributed by atoms with Gasteiger partial charge in [0.2, 0.25) is 0 Å². The van der Waals surface area contributed by atoms with Crippen molar-refractivity contribution in [1.82, 2.24) is 10.6 Å². The second-order valence-corrected chi connectivity index (χ2v) is 8.31. The van der Waals surface area contributed by atoms with Gasteiger partial charge in [-0.25, -0.2) is 4.79 Å². The number of barbiturate groups is 1. The van der Waals surface area contributed by atoms with Crippen molar-refractivity contribution in [1.29, 1.82) is 0 Å². The maximum atomic E-state index is 12.6. The summed E-state index contributed by atoms with van der Waals surface area (Å²) in [5, 5.41) is 3.94. The van der Waals surface area contributed by atoms with E-state index in [2.05, 4.69) is 15.9 Å². The number of amides is 4. The van der Waals surface area contributed by atoms with Crippen molar-refractivity contribution in [3.8, 4) is 11.5 Å². The zero-order valence-corrected chi connectivity index (χ0v) is 17.9. The summed E-state index contributed by atoms with van der Waals surface area (Å²) in [6.07, 6.45) is 1.24. The molecule has 2 aromatic carbocycles. The predicted molar refractivity (Wildman–Crippen MR) is 109 cm³/mol. The second-order valence-electron chi connectivity index (χ2n) is 5.91. The SMILES string of the molecule is CCOc1cc(C=C2C(=O)NC(=O)NC2=O)cc(Br)c1OS(=O)(=O)c1ccccc1. The van der Waals surface area contributed by atoms with Crippen molar-refractivity contribution in [2.75, 3.05) is 6.61 Å². The molecule has 1 aliphatic heterocycles. The molecular formula is C19H15BrN2O7S. The smallest absolute Gasteiger partial charge is 0.339 e. The lowest BCUT2D eigenvalue weighted by Gasteiger charge is -2.16. The van der Waals surface area contributed by atoms with E-state index in [1.807, 2.05) is 10.6 Å². The molecule has 156 valence electrons. The Kier molecular flexibility index (Phi) is 6.22. The van der Waals surface area contributed by atoms with Crippen LogP contribution in [0.15, 0.2) is 57.4 Å². The molecule has 30 heavy (non-hydrogen) atoms. The Labute approximate surface area is 180 Å². The lowest BCUT2D eigenvalue weighted by atomic mass is 10.1. The third-order valence-electron chi connectivity index (χ3n) is 3.81. The van der Waals surface area contributed by atoms with Gasteiger partial charge in [0, 0.05) is 0 Å². The molecule has 3 rings (SSSR count). The van der Waals surface area contributed by atoms with Crippen LogP contribution < -0.4 is 19.6 Å². The summed E-state index contributed by atoms with van der Waals surface area (Å²) in [6, 6.07) is 9.54. The van der Waals surface area contributed by atoms with Crippen molar-refractivity contribution in [3.63, 3.8) is 0 Å². The Bertz CT molecular complexity index is 1140. The van der Waals surface area contributed by atoms with E-state index in [0.717, 1.165) is 0 Å². The summed E-state index contributed by atoms with van der Waals surface area (Å²) >= 11 is 3.24. The summed E-state index contributed by atoms with van der Waals surface area (Å²) in [4.78, 5) is 35.0. The van der Waals surface area contributed by atoms with Crippen molar-refractivity contribution in [2.45, 2.75) is 11.8 Å². The van der Waals surface area contributed by atoms with Crippen molar-refractivity contribution in [3.05, 3.63) is 58.1 Å². The van der Waals surface area contributed by atoms with Crippen LogP contribution in [0.3, 0.4) is 0 Å². The largest absolute Gasteiger partial charge is 0.490 e. The van der Waals surface area contributed by atoms with Gasteiger partial charge in [-0.3, -0.25) is 20.2 Å². The molecule has 0 aliphatic carbocycles. The van der Waals surface area contributed by atoms with Crippen LogP contribution in [0, 0.1) is 0 Å². The third-order valence-corrected chi connectivity index (χ3v) is 5.64. The number of urea groups is 1. The fraction of sp³-hybridized carbons (Fsp3) is 0.105. The Hall–Kier alpha value is -3.18. The van der Waals surface area contributed by atoms with Gasteiger partial charge >= 0.3 is 16.1 Å². The Morgan fingerprint density at radius 2 is 1.67 bits per heavy atom. The molecular weight excluding hydrogens is 480 g/mol. The molecule has 1 heterocycles. The van der Waals surface area contributed by atoms with Crippen LogP contribution in [-0.2, 0) is 19.7 Å². The highest BCUT2D eigenvalue weighted by atomic mass is 79.9. The lowest BCUT2D eigenvalue weighted by Crippen LogP contribution is -2.51. The Balaban J connectivity index is 2.01. The molecule has 1 saturated heterocycles. The van der Waals surface area contributed by atoms with Gasteiger partial charge in [0.05, 0.1) is 11.1 Å². The van der Waals surface area contributed by atoms with E-state index in [-0.39, 0.29) is 33.0 Å². The average molecular weight is 495 g/mol. The second kappa shape index (κ2) is 8.67. The van der Waals surface area contributed by atoms with E-state index in [4.69, 9.17) is 8.92 Å². The van der Waals surface area contributed by atoms with Gasteiger partial charge in [-0.2, -0.15) is 8.42 Å². The van der Waals surface area contributed by atoms with Crippen molar-refractivity contribution in [2.24, 2.45) is 0 Å². The number of carbonyl (C=O) groups excluding carboxylic acids is 3. The highest BCUT2D eigenvalue weighted by molar-refractivity contribution is 9.10. The number of carbonyl (C=O) groups is 3. The fourth-order valence-corrected chi connectivity index (χ4v) is 4.16. The first-order chi connectivity index (χ1) is 14.2. The van der Waals surface area contributed by atoms with Gasteiger partial charge in [-0.15, -0.1) is 0 Å². The first-order valence-corrected chi connectivity index (χ1v) is 10.8. The lowest BCUT2D eigenvalue weighted by molar-refractivity contribution is -0.123. The highest BCUT2D eigenvalue weighted by Gasteiger charge is 2.28. The maximum Gasteiger partial charge on any atom is 0.339 e. The summed E-state index contributed by atoms with van der Waals surface area (Å²) in [7, 11) is -4.13. The fourth-order valence-electron chi connectivity index (χ4n) is 2.53. The Morgan fingerprint density at radius 3 is 2.27 bits per heavy atom. The van der Waals surface area contributed by atoms with E-state index in [1.165, 1.54) is 30.3 Å². The molecule has 0 radical (unpaired) electrons. The van der Waals surface area contributed by atoms with Gasteiger partial charge in [-0.05, 0) is 58.8 Å². The molecule has 2 aromatic rings. The number of halogens is 1. The minimum absolute atomic E-state index is 0.0363. The molecule has 1 aliphatic rings. The van der Waals surface area contributed by atoms with Crippen LogP contribution in [0.25, 0.3) is 6.08 Å². The molecule has 0 unspecified atom stereocenters. The van der Waals surface area contributed by atoms with E-state index in [0.29, 0.717) is 5.56 Å². The van der Waals surface area contributed by atoms with E-state index < -0.39 is 28.0 Å². The van der Waals surface area contributed by atoms with Crippen LogP contribution >= 0.6 is 15.9 Å². The summed E-state index contributed by atoms with van der Waals surface area (Å²) in [5.74, 6) is -1.73. The van der Waals surface area contributed by atoms with Crippen molar-refractivity contribution < 1.29 is 31.7 Å². The third kappa shape index (κ3) is 4.69. The normalized spacial score (nSPS) is 14.1. The molecule has 2 N–H and O–H groups in total. The molecule has 0 aromatic heterocycles. The Morgan fingerprint density at radius 1 is 1.03 bits per heavy atom. The predicted octanol–water partition coefficient (Wildman–Crippen LogP) is 2.36. The van der Waals surface area contributed by atoms with E-state index in [9.17, 15) is 22.8 Å². The minimum Gasteiger partial charge on any atom is -0.490 e. The number of rotatable bonds is 6. The summed E-state index contributed by atoms with van der Waals surface area (Å²) in [5.41, 5.74) is 0.0407. The molecule has 9 nitrogen and oxygen atoms in total. The van der Waals surface area contributed by atoms with Crippen LogP contribution in [0.2, 0.25) is 0 Å². The molecule has 0 spiro atoms. The number of hydrogen-bond donors (Lipinski definition) is 2. The monoisotopic (exact) mass is 494 g/mol. The highest BCUT2D eigenvalue weighted by Crippen LogP contribution is 2.39. The van der Waals surface area contributed by atoms with E-state index in [1.54, 1.807) is 25.1 Å². The van der Waals surface area contributed by atoms with Crippen molar-refractivity contribution >= 4 is 50.0 Å². The number of nitrogens with one attached hydrogen (secondary N) is 2.